The molecular formula is C16H17ClN2O. The lowest BCUT2D eigenvalue weighted by Crippen LogP contribution is -2.12. The molecule has 0 bridgehead atoms. The van der Waals surface area contributed by atoms with Crippen LogP contribution in [0.15, 0.2) is 30.3 Å². The normalized spacial score (nSPS) is 10.4. The van der Waals surface area contributed by atoms with Crippen LogP contribution in [0, 0.1) is 26.2 Å². The summed E-state index contributed by atoms with van der Waals surface area (Å²) in [6, 6.07) is 9.34. The SMILES string of the molecule is Cc1ccc(Oc2cc(C)c(Cl)c(C)c2)c(C(=N)N)c1. The van der Waals surface area contributed by atoms with Gasteiger partial charge in [0.05, 0.1) is 5.56 Å². The maximum atomic E-state index is 7.63. The summed E-state index contributed by atoms with van der Waals surface area (Å²) in [6.07, 6.45) is 0. The monoisotopic (exact) mass is 288 g/mol. The molecule has 0 aromatic heterocycles. The molecule has 2 aromatic rings. The van der Waals surface area contributed by atoms with E-state index in [1.807, 2.05) is 51.1 Å². The van der Waals surface area contributed by atoms with Crippen LogP contribution in [0.3, 0.4) is 0 Å². The molecule has 0 atom stereocenters. The second kappa shape index (κ2) is 5.55. The van der Waals surface area contributed by atoms with Crippen molar-refractivity contribution in [2.24, 2.45) is 5.73 Å². The van der Waals surface area contributed by atoms with Crippen molar-refractivity contribution in [1.82, 2.24) is 0 Å². The van der Waals surface area contributed by atoms with E-state index in [1.165, 1.54) is 0 Å². The van der Waals surface area contributed by atoms with Crippen molar-refractivity contribution < 1.29 is 4.74 Å². The van der Waals surface area contributed by atoms with Crippen molar-refractivity contribution in [1.29, 1.82) is 5.41 Å². The van der Waals surface area contributed by atoms with Crippen LogP contribution in [0.1, 0.15) is 22.3 Å². The Kier molecular flexibility index (Phi) is 4.00. The first-order chi connectivity index (χ1) is 9.38. The molecule has 0 heterocycles. The zero-order chi connectivity index (χ0) is 14.9. The Morgan fingerprint density at radius 1 is 1.10 bits per heavy atom. The molecule has 2 rings (SSSR count). The summed E-state index contributed by atoms with van der Waals surface area (Å²) in [5.74, 6) is 1.26. The molecule has 0 spiro atoms. The van der Waals surface area contributed by atoms with Crippen molar-refractivity contribution in [2.45, 2.75) is 20.8 Å². The number of ether oxygens (including phenoxy) is 1. The molecule has 0 aliphatic rings. The van der Waals surface area contributed by atoms with E-state index in [9.17, 15) is 0 Å². The summed E-state index contributed by atoms with van der Waals surface area (Å²) in [7, 11) is 0. The number of benzene rings is 2. The predicted molar refractivity (Wildman–Crippen MR) is 83.2 cm³/mol. The van der Waals surface area contributed by atoms with Gasteiger partial charge in [-0.3, -0.25) is 5.41 Å². The average molecular weight is 289 g/mol. The van der Waals surface area contributed by atoms with Crippen molar-refractivity contribution in [3.05, 3.63) is 57.6 Å². The van der Waals surface area contributed by atoms with E-state index in [-0.39, 0.29) is 5.84 Å². The highest BCUT2D eigenvalue weighted by Gasteiger charge is 2.10. The van der Waals surface area contributed by atoms with E-state index >= 15 is 0 Å². The van der Waals surface area contributed by atoms with Crippen molar-refractivity contribution in [3.8, 4) is 11.5 Å². The maximum Gasteiger partial charge on any atom is 0.138 e. The Morgan fingerprint density at radius 3 is 2.25 bits per heavy atom. The Bertz CT molecular complexity index is 657. The first-order valence-electron chi connectivity index (χ1n) is 6.28. The number of aryl methyl sites for hydroxylation is 3. The molecule has 0 saturated heterocycles. The van der Waals surface area contributed by atoms with Crippen molar-refractivity contribution in [3.63, 3.8) is 0 Å². The van der Waals surface area contributed by atoms with Crippen LogP contribution in [-0.4, -0.2) is 5.84 Å². The van der Waals surface area contributed by atoms with Crippen LogP contribution in [0.2, 0.25) is 5.02 Å². The summed E-state index contributed by atoms with van der Waals surface area (Å²) in [4.78, 5) is 0. The number of amidine groups is 1. The zero-order valence-corrected chi connectivity index (χ0v) is 12.5. The fourth-order valence-electron chi connectivity index (χ4n) is 2.04. The van der Waals surface area contributed by atoms with Gasteiger partial charge in [0.2, 0.25) is 0 Å². The summed E-state index contributed by atoms with van der Waals surface area (Å²) < 4.78 is 5.86. The first kappa shape index (κ1) is 14.4. The molecule has 0 fully saturated rings. The van der Waals surface area contributed by atoms with Gasteiger partial charge in [0.1, 0.15) is 17.3 Å². The quantitative estimate of drug-likeness (QED) is 0.652. The van der Waals surface area contributed by atoms with Crippen molar-refractivity contribution >= 4 is 17.4 Å². The van der Waals surface area contributed by atoms with Crippen LogP contribution in [0.4, 0.5) is 0 Å². The van der Waals surface area contributed by atoms with E-state index < -0.39 is 0 Å². The summed E-state index contributed by atoms with van der Waals surface area (Å²) >= 11 is 6.15. The third-order valence-corrected chi connectivity index (χ3v) is 3.66. The first-order valence-corrected chi connectivity index (χ1v) is 6.66. The molecule has 3 nitrogen and oxygen atoms in total. The number of hydrogen-bond donors (Lipinski definition) is 2. The molecule has 4 heteroatoms. The highest BCUT2D eigenvalue weighted by Crippen LogP contribution is 2.31. The van der Waals surface area contributed by atoms with Gasteiger partial charge in [0, 0.05) is 5.02 Å². The standard InChI is InChI=1S/C16H17ClN2O/c1-9-4-5-14(13(6-9)16(18)19)20-12-7-10(2)15(17)11(3)8-12/h4-8H,1-3H3,(H3,18,19). The number of nitrogen functional groups attached to an aromatic ring is 1. The summed E-state index contributed by atoms with van der Waals surface area (Å²) in [5, 5.41) is 8.38. The molecule has 20 heavy (non-hydrogen) atoms. The molecule has 0 aliphatic carbocycles. The van der Waals surface area contributed by atoms with Gasteiger partial charge in [-0.15, -0.1) is 0 Å². The lowest BCUT2D eigenvalue weighted by atomic mass is 10.1. The Hall–Kier alpha value is -2.00. The number of halogens is 1. The van der Waals surface area contributed by atoms with E-state index in [0.717, 1.165) is 21.7 Å². The van der Waals surface area contributed by atoms with Gasteiger partial charge in [0.15, 0.2) is 0 Å². The minimum Gasteiger partial charge on any atom is -0.457 e. The number of rotatable bonds is 3. The predicted octanol–water partition coefficient (Wildman–Crippen LogP) is 4.34. The third kappa shape index (κ3) is 2.94. The van der Waals surface area contributed by atoms with Crippen LogP contribution in [0.5, 0.6) is 11.5 Å². The molecular weight excluding hydrogens is 272 g/mol. The Balaban J connectivity index is 2.42. The van der Waals surface area contributed by atoms with E-state index in [1.54, 1.807) is 0 Å². The van der Waals surface area contributed by atoms with E-state index in [0.29, 0.717) is 17.1 Å². The lowest BCUT2D eigenvalue weighted by Gasteiger charge is -2.13. The number of nitrogens with one attached hydrogen (secondary N) is 1. The molecule has 104 valence electrons. The Morgan fingerprint density at radius 2 is 1.70 bits per heavy atom. The highest BCUT2D eigenvalue weighted by molar-refractivity contribution is 6.32. The summed E-state index contributed by atoms with van der Waals surface area (Å²) in [6.45, 7) is 5.82. The van der Waals surface area contributed by atoms with Gasteiger partial charge in [-0.1, -0.05) is 23.2 Å². The van der Waals surface area contributed by atoms with Gasteiger partial charge in [0.25, 0.3) is 0 Å². The third-order valence-electron chi connectivity index (χ3n) is 3.06. The second-order valence-corrected chi connectivity index (χ2v) is 5.26. The molecule has 0 saturated carbocycles. The van der Waals surface area contributed by atoms with Gasteiger partial charge < -0.3 is 10.5 Å². The molecule has 0 unspecified atom stereocenters. The second-order valence-electron chi connectivity index (χ2n) is 4.89. The molecule has 0 amide bonds. The minimum absolute atomic E-state index is 0.00823. The topological polar surface area (TPSA) is 59.1 Å². The molecule has 2 aromatic carbocycles. The minimum atomic E-state index is -0.00823. The molecule has 3 N–H and O–H groups in total. The van der Waals surface area contributed by atoms with Crippen LogP contribution >= 0.6 is 11.6 Å². The highest BCUT2D eigenvalue weighted by atomic mass is 35.5. The zero-order valence-electron chi connectivity index (χ0n) is 11.8. The number of nitrogens with two attached hydrogens (primary N) is 1. The molecule has 0 radical (unpaired) electrons. The number of hydrogen-bond acceptors (Lipinski definition) is 2. The van der Waals surface area contributed by atoms with Gasteiger partial charge in [-0.2, -0.15) is 0 Å². The average Bonchev–Trinajstić information content (AvgIpc) is 2.37. The fraction of sp³-hybridized carbons (Fsp3) is 0.188. The fourth-order valence-corrected chi connectivity index (χ4v) is 2.14. The molecule has 0 aliphatic heterocycles. The largest absolute Gasteiger partial charge is 0.457 e. The lowest BCUT2D eigenvalue weighted by molar-refractivity contribution is 0.480. The summed E-state index contributed by atoms with van der Waals surface area (Å²) in [5.41, 5.74) is 9.14. The Labute approximate surface area is 123 Å². The van der Waals surface area contributed by atoms with Gasteiger partial charge in [-0.05, 0) is 56.2 Å². The van der Waals surface area contributed by atoms with Gasteiger partial charge in [-0.25, -0.2) is 0 Å². The van der Waals surface area contributed by atoms with Crippen LogP contribution < -0.4 is 10.5 Å². The van der Waals surface area contributed by atoms with Crippen LogP contribution in [-0.2, 0) is 0 Å². The van der Waals surface area contributed by atoms with E-state index in [4.69, 9.17) is 27.5 Å². The smallest absolute Gasteiger partial charge is 0.138 e. The van der Waals surface area contributed by atoms with E-state index in [2.05, 4.69) is 0 Å². The van der Waals surface area contributed by atoms with Gasteiger partial charge >= 0.3 is 0 Å². The van der Waals surface area contributed by atoms with Crippen LogP contribution in [0.25, 0.3) is 0 Å². The maximum absolute atomic E-state index is 7.63. The van der Waals surface area contributed by atoms with Crippen molar-refractivity contribution in [2.75, 3.05) is 0 Å².